The highest BCUT2D eigenvalue weighted by Crippen LogP contribution is 2.11. The Labute approximate surface area is 100 Å². The molecule has 0 radical (unpaired) electrons. The maximum absolute atomic E-state index is 5.81. The summed E-state index contributed by atoms with van der Waals surface area (Å²) in [4.78, 5) is 10.3. The van der Waals surface area contributed by atoms with E-state index in [1.165, 1.54) is 0 Å². The van der Waals surface area contributed by atoms with E-state index in [1.54, 1.807) is 6.20 Å². The van der Waals surface area contributed by atoms with Gasteiger partial charge < -0.3 is 5.73 Å². The third kappa shape index (κ3) is 3.57. The molecular formula is C9H14Cl2N4. The molecule has 84 valence electrons. The van der Waals surface area contributed by atoms with Gasteiger partial charge in [0, 0.05) is 31.9 Å². The van der Waals surface area contributed by atoms with E-state index < -0.39 is 0 Å². The number of rotatable bonds is 2. The van der Waals surface area contributed by atoms with E-state index in [-0.39, 0.29) is 12.4 Å². The molecule has 1 fully saturated rings. The highest BCUT2D eigenvalue weighted by atomic mass is 35.5. The van der Waals surface area contributed by atoms with Crippen molar-refractivity contribution in [2.75, 3.05) is 13.1 Å². The Morgan fingerprint density at radius 3 is 3.00 bits per heavy atom. The fraction of sp³-hybridized carbons (Fsp3) is 0.556. The number of aromatic nitrogens is 2. The summed E-state index contributed by atoms with van der Waals surface area (Å²) in [5.41, 5.74) is 6.77. The van der Waals surface area contributed by atoms with Crippen molar-refractivity contribution in [2.24, 2.45) is 5.73 Å². The van der Waals surface area contributed by atoms with Crippen LogP contribution in [0.2, 0.25) is 5.28 Å². The standard InChI is InChI=1S/C9H13ClN4.ClH/c10-9-12-3-1-8(13-9)6-14-4-2-7(11)5-14;/h1,3,7H,2,4-6,11H2;1H/t7-;/m1./s1. The number of likely N-dealkylation sites (tertiary alicyclic amines) is 1. The minimum Gasteiger partial charge on any atom is -0.326 e. The van der Waals surface area contributed by atoms with Gasteiger partial charge in [-0.2, -0.15) is 0 Å². The van der Waals surface area contributed by atoms with Crippen LogP contribution in [0.3, 0.4) is 0 Å². The summed E-state index contributed by atoms with van der Waals surface area (Å²) in [5.74, 6) is 0. The topological polar surface area (TPSA) is 55.0 Å². The van der Waals surface area contributed by atoms with Crippen molar-refractivity contribution in [1.82, 2.24) is 14.9 Å². The second-order valence-corrected chi connectivity index (χ2v) is 3.94. The van der Waals surface area contributed by atoms with E-state index >= 15 is 0 Å². The van der Waals surface area contributed by atoms with Crippen LogP contribution >= 0.6 is 24.0 Å². The van der Waals surface area contributed by atoms with Gasteiger partial charge in [0.15, 0.2) is 0 Å². The van der Waals surface area contributed by atoms with Crippen molar-refractivity contribution in [3.05, 3.63) is 23.2 Å². The molecule has 15 heavy (non-hydrogen) atoms. The van der Waals surface area contributed by atoms with Crippen molar-refractivity contribution in [1.29, 1.82) is 0 Å². The molecule has 1 atom stereocenters. The molecule has 2 heterocycles. The normalized spacial score (nSPS) is 21.3. The predicted molar refractivity (Wildman–Crippen MR) is 62.2 cm³/mol. The molecule has 0 aromatic carbocycles. The summed E-state index contributed by atoms with van der Waals surface area (Å²) < 4.78 is 0. The van der Waals surface area contributed by atoms with Crippen LogP contribution in [0.25, 0.3) is 0 Å². The largest absolute Gasteiger partial charge is 0.326 e. The van der Waals surface area contributed by atoms with Crippen molar-refractivity contribution < 1.29 is 0 Å². The second-order valence-electron chi connectivity index (χ2n) is 3.60. The molecule has 1 aliphatic heterocycles. The fourth-order valence-electron chi connectivity index (χ4n) is 1.69. The lowest BCUT2D eigenvalue weighted by atomic mass is 10.3. The molecule has 4 nitrogen and oxygen atoms in total. The molecule has 0 unspecified atom stereocenters. The first-order valence-corrected chi connectivity index (χ1v) is 5.07. The quantitative estimate of drug-likeness (QED) is 0.797. The maximum atomic E-state index is 5.81. The summed E-state index contributed by atoms with van der Waals surface area (Å²) in [7, 11) is 0. The molecule has 0 aliphatic carbocycles. The van der Waals surface area contributed by atoms with Gasteiger partial charge in [-0.25, -0.2) is 9.97 Å². The number of halogens is 2. The molecular weight excluding hydrogens is 235 g/mol. The average molecular weight is 249 g/mol. The Hall–Kier alpha value is -0.420. The van der Waals surface area contributed by atoms with Gasteiger partial charge in [-0.05, 0) is 24.1 Å². The van der Waals surface area contributed by atoms with Gasteiger partial charge in [-0.1, -0.05) is 0 Å². The molecule has 1 aromatic heterocycles. The molecule has 0 saturated carbocycles. The van der Waals surface area contributed by atoms with Gasteiger partial charge in [-0.3, -0.25) is 4.90 Å². The summed E-state index contributed by atoms with van der Waals surface area (Å²) in [5, 5.41) is 0.311. The molecule has 0 spiro atoms. The molecule has 2 N–H and O–H groups in total. The van der Waals surface area contributed by atoms with Crippen molar-refractivity contribution in [3.8, 4) is 0 Å². The number of nitrogens with two attached hydrogens (primary N) is 1. The minimum atomic E-state index is 0. The lowest BCUT2D eigenvalue weighted by Crippen LogP contribution is -2.26. The van der Waals surface area contributed by atoms with E-state index in [0.29, 0.717) is 11.3 Å². The Morgan fingerprint density at radius 2 is 2.40 bits per heavy atom. The van der Waals surface area contributed by atoms with Gasteiger partial charge in [0.25, 0.3) is 0 Å². The highest BCUT2D eigenvalue weighted by Gasteiger charge is 2.19. The summed E-state index contributed by atoms with van der Waals surface area (Å²) in [6.45, 7) is 2.81. The van der Waals surface area contributed by atoms with Crippen LogP contribution in [0.15, 0.2) is 12.3 Å². The predicted octanol–water partition coefficient (Wildman–Crippen LogP) is 1.08. The van der Waals surface area contributed by atoms with E-state index in [9.17, 15) is 0 Å². The van der Waals surface area contributed by atoms with Crippen LogP contribution in [-0.4, -0.2) is 34.0 Å². The molecule has 1 saturated heterocycles. The van der Waals surface area contributed by atoms with Gasteiger partial charge in [-0.15, -0.1) is 12.4 Å². The highest BCUT2D eigenvalue weighted by molar-refractivity contribution is 6.28. The SMILES string of the molecule is Cl.N[C@@H]1CCN(Cc2ccnc(Cl)n2)C1. The van der Waals surface area contributed by atoms with E-state index in [2.05, 4.69) is 14.9 Å². The van der Waals surface area contributed by atoms with Gasteiger partial charge in [0.2, 0.25) is 5.28 Å². The Bertz CT molecular complexity index is 321. The minimum absolute atomic E-state index is 0. The van der Waals surface area contributed by atoms with Crippen LogP contribution in [0.4, 0.5) is 0 Å². The van der Waals surface area contributed by atoms with Crippen LogP contribution in [0.1, 0.15) is 12.1 Å². The van der Waals surface area contributed by atoms with Crippen molar-refractivity contribution in [2.45, 2.75) is 19.0 Å². The fourth-order valence-corrected chi connectivity index (χ4v) is 1.86. The molecule has 2 rings (SSSR count). The van der Waals surface area contributed by atoms with Crippen LogP contribution in [0, 0.1) is 0 Å². The first-order valence-electron chi connectivity index (χ1n) is 4.69. The van der Waals surface area contributed by atoms with Crippen LogP contribution < -0.4 is 5.73 Å². The van der Waals surface area contributed by atoms with E-state index in [0.717, 1.165) is 31.7 Å². The summed E-state index contributed by atoms with van der Waals surface area (Å²) in [6.07, 6.45) is 2.75. The zero-order valence-corrected chi connectivity index (χ0v) is 9.84. The molecule has 0 amide bonds. The first kappa shape index (κ1) is 12.6. The van der Waals surface area contributed by atoms with Gasteiger partial charge in [0.1, 0.15) is 0 Å². The zero-order chi connectivity index (χ0) is 9.97. The molecule has 0 bridgehead atoms. The Morgan fingerprint density at radius 1 is 1.60 bits per heavy atom. The second kappa shape index (κ2) is 5.61. The monoisotopic (exact) mass is 248 g/mol. The molecule has 1 aromatic rings. The third-order valence-electron chi connectivity index (χ3n) is 2.38. The Kier molecular flexibility index (Phi) is 4.73. The first-order chi connectivity index (χ1) is 6.74. The average Bonchev–Trinajstić information content (AvgIpc) is 2.51. The number of hydrogen-bond acceptors (Lipinski definition) is 4. The van der Waals surface area contributed by atoms with E-state index in [4.69, 9.17) is 17.3 Å². The molecule has 1 aliphatic rings. The number of nitrogens with zero attached hydrogens (tertiary/aromatic N) is 3. The van der Waals surface area contributed by atoms with Crippen molar-refractivity contribution >= 4 is 24.0 Å². The van der Waals surface area contributed by atoms with Crippen LogP contribution in [0.5, 0.6) is 0 Å². The smallest absolute Gasteiger partial charge is 0.222 e. The Balaban J connectivity index is 0.00000112. The van der Waals surface area contributed by atoms with Gasteiger partial charge in [0.05, 0.1) is 5.69 Å². The van der Waals surface area contributed by atoms with Crippen LogP contribution in [-0.2, 0) is 6.54 Å². The van der Waals surface area contributed by atoms with Crippen molar-refractivity contribution in [3.63, 3.8) is 0 Å². The lowest BCUT2D eigenvalue weighted by molar-refractivity contribution is 0.322. The zero-order valence-electron chi connectivity index (χ0n) is 8.27. The third-order valence-corrected chi connectivity index (χ3v) is 2.56. The summed E-state index contributed by atoms with van der Waals surface area (Å²) in [6, 6.07) is 2.20. The van der Waals surface area contributed by atoms with E-state index in [1.807, 2.05) is 6.07 Å². The number of hydrogen-bond donors (Lipinski definition) is 1. The maximum Gasteiger partial charge on any atom is 0.222 e. The summed E-state index contributed by atoms with van der Waals surface area (Å²) >= 11 is 5.69. The van der Waals surface area contributed by atoms with Gasteiger partial charge >= 0.3 is 0 Å². The molecule has 6 heteroatoms. The lowest BCUT2D eigenvalue weighted by Gasteiger charge is -2.13.